The predicted octanol–water partition coefficient (Wildman–Crippen LogP) is 1.94. The standard InChI is InChI=1S/C16H17N5O2/c1-11-19-13-10-12(5-6-14(13)21(11)2)16(22)23-9-8-17-15-4-3-7-18-20-15/h3-7,10H,8-9H2,1-2H3,(H,17,20). The minimum absolute atomic E-state index is 0.245. The number of esters is 1. The molecule has 0 bridgehead atoms. The number of anilines is 1. The van der Waals surface area contributed by atoms with Crippen LogP contribution in [0.5, 0.6) is 0 Å². The molecule has 0 saturated heterocycles. The summed E-state index contributed by atoms with van der Waals surface area (Å²) in [6, 6.07) is 8.96. The lowest BCUT2D eigenvalue weighted by Gasteiger charge is -2.06. The van der Waals surface area contributed by atoms with Crippen LogP contribution in [0, 0.1) is 6.92 Å². The quantitative estimate of drug-likeness (QED) is 0.573. The van der Waals surface area contributed by atoms with E-state index < -0.39 is 0 Å². The molecule has 0 aliphatic carbocycles. The number of aryl methyl sites for hydroxylation is 2. The van der Waals surface area contributed by atoms with Crippen LogP contribution in [0.3, 0.4) is 0 Å². The summed E-state index contributed by atoms with van der Waals surface area (Å²) in [6.07, 6.45) is 1.60. The average Bonchev–Trinajstić information content (AvgIpc) is 2.86. The van der Waals surface area contributed by atoms with Gasteiger partial charge in [-0.25, -0.2) is 9.78 Å². The van der Waals surface area contributed by atoms with E-state index >= 15 is 0 Å². The van der Waals surface area contributed by atoms with Crippen molar-refractivity contribution in [1.29, 1.82) is 0 Å². The molecule has 3 rings (SSSR count). The van der Waals surface area contributed by atoms with Crippen molar-refractivity contribution < 1.29 is 9.53 Å². The fraction of sp³-hybridized carbons (Fsp3) is 0.250. The first kappa shape index (κ1) is 15.0. The van der Waals surface area contributed by atoms with Crippen molar-refractivity contribution in [3.63, 3.8) is 0 Å². The average molecular weight is 311 g/mol. The molecule has 0 spiro atoms. The van der Waals surface area contributed by atoms with Crippen LogP contribution in [-0.4, -0.2) is 38.9 Å². The number of fused-ring (bicyclic) bond motifs is 1. The van der Waals surface area contributed by atoms with Crippen LogP contribution in [0.1, 0.15) is 16.2 Å². The van der Waals surface area contributed by atoms with Gasteiger partial charge in [0.05, 0.1) is 23.1 Å². The van der Waals surface area contributed by atoms with E-state index in [1.807, 2.05) is 24.6 Å². The van der Waals surface area contributed by atoms with Gasteiger partial charge in [-0.15, -0.1) is 5.10 Å². The second-order valence-electron chi connectivity index (χ2n) is 5.09. The molecular weight excluding hydrogens is 294 g/mol. The van der Waals surface area contributed by atoms with Gasteiger partial charge in [0, 0.05) is 13.2 Å². The molecule has 0 aliphatic rings. The highest BCUT2D eigenvalue weighted by molar-refractivity contribution is 5.93. The van der Waals surface area contributed by atoms with E-state index in [4.69, 9.17) is 4.74 Å². The Hall–Kier alpha value is -2.96. The van der Waals surface area contributed by atoms with E-state index in [2.05, 4.69) is 20.5 Å². The van der Waals surface area contributed by atoms with E-state index in [0.717, 1.165) is 16.9 Å². The Morgan fingerprint density at radius 3 is 3.00 bits per heavy atom. The number of benzene rings is 1. The number of carbonyl (C=O) groups excluding carboxylic acids is 1. The molecule has 0 radical (unpaired) electrons. The number of hydrogen-bond donors (Lipinski definition) is 1. The van der Waals surface area contributed by atoms with E-state index in [-0.39, 0.29) is 12.6 Å². The van der Waals surface area contributed by atoms with Gasteiger partial charge >= 0.3 is 5.97 Å². The molecule has 1 aromatic carbocycles. The molecule has 7 nitrogen and oxygen atoms in total. The number of aromatic nitrogens is 4. The van der Waals surface area contributed by atoms with Gasteiger partial charge in [0.15, 0.2) is 0 Å². The SMILES string of the molecule is Cc1nc2cc(C(=O)OCCNc3cccnn3)ccc2n1C. The van der Waals surface area contributed by atoms with Gasteiger partial charge in [-0.05, 0) is 37.3 Å². The topological polar surface area (TPSA) is 81.9 Å². The zero-order chi connectivity index (χ0) is 16.2. The highest BCUT2D eigenvalue weighted by atomic mass is 16.5. The van der Waals surface area contributed by atoms with Gasteiger partial charge < -0.3 is 14.6 Å². The third-order valence-corrected chi connectivity index (χ3v) is 3.55. The summed E-state index contributed by atoms with van der Waals surface area (Å²) >= 11 is 0. The molecule has 0 unspecified atom stereocenters. The summed E-state index contributed by atoms with van der Waals surface area (Å²) in [7, 11) is 1.95. The maximum Gasteiger partial charge on any atom is 0.338 e. The fourth-order valence-corrected chi connectivity index (χ4v) is 2.25. The summed E-state index contributed by atoms with van der Waals surface area (Å²) in [4.78, 5) is 16.5. The lowest BCUT2D eigenvalue weighted by atomic mass is 10.2. The number of nitrogens with zero attached hydrogens (tertiary/aromatic N) is 4. The molecule has 118 valence electrons. The largest absolute Gasteiger partial charge is 0.460 e. The van der Waals surface area contributed by atoms with Crippen LogP contribution in [0.25, 0.3) is 11.0 Å². The van der Waals surface area contributed by atoms with Gasteiger partial charge in [-0.2, -0.15) is 5.10 Å². The van der Waals surface area contributed by atoms with Gasteiger partial charge in [-0.1, -0.05) is 0 Å². The highest BCUT2D eigenvalue weighted by Crippen LogP contribution is 2.17. The molecule has 7 heteroatoms. The summed E-state index contributed by atoms with van der Waals surface area (Å²) in [6.45, 7) is 2.64. The van der Waals surface area contributed by atoms with Crippen molar-refractivity contribution >= 4 is 22.8 Å². The van der Waals surface area contributed by atoms with Crippen LogP contribution in [-0.2, 0) is 11.8 Å². The molecule has 0 aliphatic heterocycles. The first-order valence-corrected chi connectivity index (χ1v) is 7.27. The first-order chi connectivity index (χ1) is 11.1. The zero-order valence-corrected chi connectivity index (χ0v) is 13.0. The molecule has 0 amide bonds. The number of rotatable bonds is 5. The van der Waals surface area contributed by atoms with Gasteiger partial charge in [0.1, 0.15) is 18.2 Å². The lowest BCUT2D eigenvalue weighted by molar-refractivity contribution is 0.0520. The molecule has 0 fully saturated rings. The molecule has 1 N–H and O–H groups in total. The van der Waals surface area contributed by atoms with E-state index in [1.165, 1.54) is 0 Å². The number of carbonyl (C=O) groups is 1. The van der Waals surface area contributed by atoms with Crippen LogP contribution < -0.4 is 5.32 Å². The smallest absolute Gasteiger partial charge is 0.338 e. The summed E-state index contributed by atoms with van der Waals surface area (Å²) in [5.41, 5.74) is 2.27. The molecule has 2 aromatic heterocycles. The van der Waals surface area contributed by atoms with Crippen LogP contribution in [0.15, 0.2) is 36.5 Å². The molecule has 3 aromatic rings. The maximum atomic E-state index is 12.1. The second kappa shape index (κ2) is 6.43. The Labute approximate surface area is 133 Å². The minimum atomic E-state index is -0.365. The Bertz CT molecular complexity index is 829. The second-order valence-corrected chi connectivity index (χ2v) is 5.09. The van der Waals surface area contributed by atoms with Gasteiger partial charge in [0.25, 0.3) is 0 Å². The summed E-state index contributed by atoms with van der Waals surface area (Å²) in [5.74, 6) is 1.18. The van der Waals surface area contributed by atoms with E-state index in [0.29, 0.717) is 17.9 Å². The van der Waals surface area contributed by atoms with E-state index in [9.17, 15) is 4.79 Å². The molecular formula is C16H17N5O2. The van der Waals surface area contributed by atoms with E-state index in [1.54, 1.807) is 30.5 Å². The number of imidazole rings is 1. The molecule has 2 heterocycles. The van der Waals surface area contributed by atoms with Crippen molar-refractivity contribution in [2.45, 2.75) is 6.92 Å². The lowest BCUT2D eigenvalue weighted by Crippen LogP contribution is -2.14. The Balaban J connectivity index is 1.58. The van der Waals surface area contributed by atoms with Crippen molar-refractivity contribution in [3.8, 4) is 0 Å². The van der Waals surface area contributed by atoms with Crippen molar-refractivity contribution in [2.75, 3.05) is 18.5 Å². The van der Waals surface area contributed by atoms with Crippen molar-refractivity contribution in [3.05, 3.63) is 47.9 Å². The van der Waals surface area contributed by atoms with Gasteiger partial charge in [-0.3, -0.25) is 0 Å². The predicted molar refractivity (Wildman–Crippen MR) is 86.3 cm³/mol. The van der Waals surface area contributed by atoms with Gasteiger partial charge in [0.2, 0.25) is 0 Å². The first-order valence-electron chi connectivity index (χ1n) is 7.27. The minimum Gasteiger partial charge on any atom is -0.460 e. The normalized spacial score (nSPS) is 10.7. The van der Waals surface area contributed by atoms with Crippen molar-refractivity contribution in [2.24, 2.45) is 7.05 Å². The Kier molecular flexibility index (Phi) is 4.18. The van der Waals surface area contributed by atoms with Crippen LogP contribution in [0.2, 0.25) is 0 Å². The molecule has 23 heavy (non-hydrogen) atoms. The maximum absolute atomic E-state index is 12.1. The Morgan fingerprint density at radius 2 is 2.22 bits per heavy atom. The number of ether oxygens (including phenoxy) is 1. The third kappa shape index (κ3) is 3.28. The molecule has 0 atom stereocenters. The third-order valence-electron chi connectivity index (χ3n) is 3.55. The van der Waals surface area contributed by atoms with Crippen LogP contribution in [0.4, 0.5) is 5.82 Å². The highest BCUT2D eigenvalue weighted by Gasteiger charge is 2.11. The fourth-order valence-electron chi connectivity index (χ4n) is 2.25. The summed E-state index contributed by atoms with van der Waals surface area (Å²) < 4.78 is 7.23. The zero-order valence-electron chi connectivity index (χ0n) is 13.0. The Morgan fingerprint density at radius 1 is 1.35 bits per heavy atom. The number of hydrogen-bond acceptors (Lipinski definition) is 6. The monoisotopic (exact) mass is 311 g/mol. The number of nitrogens with one attached hydrogen (secondary N) is 1. The van der Waals surface area contributed by atoms with Crippen molar-refractivity contribution in [1.82, 2.24) is 19.7 Å². The van der Waals surface area contributed by atoms with Crippen LogP contribution >= 0.6 is 0 Å². The summed E-state index contributed by atoms with van der Waals surface area (Å²) in [5, 5.41) is 10.7. The molecule has 0 saturated carbocycles.